The van der Waals surface area contributed by atoms with Crippen LogP contribution in [0.3, 0.4) is 0 Å². The van der Waals surface area contributed by atoms with Gasteiger partial charge in [0, 0.05) is 5.69 Å². The number of ether oxygens (including phenoxy) is 3. The zero-order valence-electron chi connectivity index (χ0n) is 17.7. The highest BCUT2D eigenvalue weighted by Gasteiger charge is 2.13. The zero-order chi connectivity index (χ0) is 22.8. The normalized spacial score (nSPS) is 10.4. The van der Waals surface area contributed by atoms with E-state index < -0.39 is 11.8 Å². The van der Waals surface area contributed by atoms with Crippen molar-refractivity contribution >= 4 is 23.7 Å². The molecule has 0 bridgehead atoms. The van der Waals surface area contributed by atoms with Gasteiger partial charge in [0.05, 0.1) is 20.4 Å². The van der Waals surface area contributed by atoms with E-state index in [4.69, 9.17) is 14.2 Å². The maximum absolute atomic E-state index is 12.0. The SMILES string of the molecule is COc1ccc(NC(=O)C(=O)NN=Cc2ccc(OCc3ccccc3)c(OC)c2)cc1. The van der Waals surface area contributed by atoms with Crippen LogP contribution < -0.4 is 25.0 Å². The van der Waals surface area contributed by atoms with Gasteiger partial charge in [-0.15, -0.1) is 0 Å². The molecule has 3 aromatic rings. The fourth-order valence-electron chi connectivity index (χ4n) is 2.70. The predicted molar refractivity (Wildman–Crippen MR) is 121 cm³/mol. The average molecular weight is 433 g/mol. The average Bonchev–Trinajstić information content (AvgIpc) is 2.84. The van der Waals surface area contributed by atoms with Crippen LogP contribution in [-0.4, -0.2) is 32.2 Å². The molecule has 0 radical (unpaired) electrons. The molecular formula is C24H23N3O5. The second-order valence-corrected chi connectivity index (χ2v) is 6.57. The smallest absolute Gasteiger partial charge is 0.329 e. The molecule has 0 spiro atoms. The molecule has 32 heavy (non-hydrogen) atoms. The van der Waals surface area contributed by atoms with E-state index in [1.54, 1.807) is 49.6 Å². The van der Waals surface area contributed by atoms with Gasteiger partial charge < -0.3 is 19.5 Å². The number of hydrazone groups is 1. The summed E-state index contributed by atoms with van der Waals surface area (Å²) in [6.45, 7) is 0.407. The summed E-state index contributed by atoms with van der Waals surface area (Å²) in [5.41, 5.74) is 4.35. The summed E-state index contributed by atoms with van der Waals surface area (Å²) in [5.74, 6) is 0.00947. The van der Waals surface area contributed by atoms with E-state index in [0.29, 0.717) is 35.1 Å². The van der Waals surface area contributed by atoms with Gasteiger partial charge in [0.2, 0.25) is 0 Å². The summed E-state index contributed by atoms with van der Waals surface area (Å²) < 4.78 is 16.2. The number of benzene rings is 3. The molecule has 2 N–H and O–H groups in total. The summed E-state index contributed by atoms with van der Waals surface area (Å²) in [4.78, 5) is 23.9. The molecule has 0 aromatic heterocycles. The van der Waals surface area contributed by atoms with Crippen molar-refractivity contribution in [3.05, 3.63) is 83.9 Å². The number of carbonyl (C=O) groups is 2. The van der Waals surface area contributed by atoms with Crippen LogP contribution in [0.25, 0.3) is 0 Å². The van der Waals surface area contributed by atoms with Crippen LogP contribution in [0.1, 0.15) is 11.1 Å². The minimum atomic E-state index is -0.896. The Kier molecular flexibility index (Phi) is 7.80. The minimum Gasteiger partial charge on any atom is -0.497 e. The van der Waals surface area contributed by atoms with Crippen molar-refractivity contribution in [3.63, 3.8) is 0 Å². The number of methoxy groups -OCH3 is 2. The molecular weight excluding hydrogens is 410 g/mol. The van der Waals surface area contributed by atoms with Crippen molar-refractivity contribution in [3.8, 4) is 17.2 Å². The number of nitrogens with one attached hydrogen (secondary N) is 2. The maximum atomic E-state index is 12.0. The molecule has 0 aliphatic carbocycles. The lowest BCUT2D eigenvalue weighted by molar-refractivity contribution is -0.136. The molecule has 0 saturated heterocycles. The van der Waals surface area contributed by atoms with E-state index in [-0.39, 0.29) is 0 Å². The number of amides is 2. The Labute approximate surface area is 185 Å². The lowest BCUT2D eigenvalue weighted by Gasteiger charge is -2.11. The quantitative estimate of drug-likeness (QED) is 0.322. The fraction of sp³-hybridized carbons (Fsp3) is 0.125. The van der Waals surface area contributed by atoms with Gasteiger partial charge >= 0.3 is 11.8 Å². The first-order valence-corrected chi connectivity index (χ1v) is 9.72. The monoisotopic (exact) mass is 433 g/mol. The van der Waals surface area contributed by atoms with Gasteiger partial charge in [0.1, 0.15) is 12.4 Å². The second-order valence-electron chi connectivity index (χ2n) is 6.57. The van der Waals surface area contributed by atoms with Crippen molar-refractivity contribution in [1.29, 1.82) is 0 Å². The molecule has 0 unspecified atom stereocenters. The molecule has 8 nitrogen and oxygen atoms in total. The maximum Gasteiger partial charge on any atom is 0.329 e. The molecule has 3 aromatic carbocycles. The van der Waals surface area contributed by atoms with Crippen LogP contribution in [0, 0.1) is 0 Å². The molecule has 0 atom stereocenters. The Bertz CT molecular complexity index is 1080. The van der Waals surface area contributed by atoms with Gasteiger partial charge in [-0.1, -0.05) is 30.3 Å². The summed E-state index contributed by atoms with van der Waals surface area (Å²) >= 11 is 0. The Morgan fingerprint density at radius 1 is 0.875 bits per heavy atom. The standard InChI is InChI=1S/C24H23N3O5/c1-30-20-11-9-19(10-12-20)26-23(28)24(29)27-25-15-18-8-13-21(22(14-18)31-2)32-16-17-6-4-3-5-7-17/h3-15H,16H2,1-2H3,(H,26,28)(H,27,29). The second kappa shape index (κ2) is 11.2. The Morgan fingerprint density at radius 2 is 1.62 bits per heavy atom. The van der Waals surface area contributed by atoms with Crippen LogP contribution in [0.2, 0.25) is 0 Å². The first-order valence-electron chi connectivity index (χ1n) is 9.72. The summed E-state index contributed by atoms with van der Waals surface area (Å²) in [7, 11) is 3.08. The largest absolute Gasteiger partial charge is 0.497 e. The molecule has 0 fully saturated rings. The van der Waals surface area contributed by atoms with Gasteiger partial charge in [-0.2, -0.15) is 5.10 Å². The molecule has 8 heteroatoms. The van der Waals surface area contributed by atoms with Crippen molar-refractivity contribution < 1.29 is 23.8 Å². The van der Waals surface area contributed by atoms with Crippen molar-refractivity contribution in [2.75, 3.05) is 19.5 Å². The first-order chi connectivity index (χ1) is 15.6. The molecule has 0 heterocycles. The Morgan fingerprint density at radius 3 is 2.31 bits per heavy atom. The van der Waals surface area contributed by atoms with E-state index in [1.165, 1.54) is 13.3 Å². The number of hydrogen-bond donors (Lipinski definition) is 2. The van der Waals surface area contributed by atoms with Crippen LogP contribution >= 0.6 is 0 Å². The number of carbonyl (C=O) groups excluding carboxylic acids is 2. The van der Waals surface area contributed by atoms with Crippen molar-refractivity contribution in [2.45, 2.75) is 6.61 Å². The Balaban J connectivity index is 1.54. The van der Waals surface area contributed by atoms with Gasteiger partial charge in [-0.05, 0) is 53.6 Å². The highest BCUT2D eigenvalue weighted by Crippen LogP contribution is 2.28. The van der Waals surface area contributed by atoms with E-state index >= 15 is 0 Å². The fourth-order valence-corrected chi connectivity index (χ4v) is 2.70. The van der Waals surface area contributed by atoms with E-state index in [9.17, 15) is 9.59 Å². The Hall–Kier alpha value is -4.33. The predicted octanol–water partition coefficient (Wildman–Crippen LogP) is 3.37. The van der Waals surface area contributed by atoms with E-state index in [1.807, 2.05) is 30.3 Å². The first kappa shape index (κ1) is 22.4. The van der Waals surface area contributed by atoms with Gasteiger partial charge in [-0.3, -0.25) is 9.59 Å². The third kappa shape index (κ3) is 6.33. The third-order valence-corrected chi connectivity index (χ3v) is 4.36. The summed E-state index contributed by atoms with van der Waals surface area (Å²) in [6.07, 6.45) is 1.40. The summed E-state index contributed by atoms with van der Waals surface area (Å²) in [5, 5.41) is 6.31. The van der Waals surface area contributed by atoms with Crippen molar-refractivity contribution in [2.24, 2.45) is 5.10 Å². The van der Waals surface area contributed by atoms with Crippen LogP contribution in [0.5, 0.6) is 17.2 Å². The summed E-state index contributed by atoms with van der Waals surface area (Å²) in [6, 6.07) is 21.6. The van der Waals surface area contributed by atoms with E-state index in [2.05, 4.69) is 15.8 Å². The van der Waals surface area contributed by atoms with Gasteiger partial charge in [0.25, 0.3) is 0 Å². The minimum absolute atomic E-state index is 0.407. The zero-order valence-corrected chi connectivity index (χ0v) is 17.7. The van der Waals surface area contributed by atoms with Gasteiger partial charge in [0.15, 0.2) is 11.5 Å². The van der Waals surface area contributed by atoms with Gasteiger partial charge in [-0.25, -0.2) is 5.43 Å². The van der Waals surface area contributed by atoms with Crippen LogP contribution in [0.4, 0.5) is 5.69 Å². The molecule has 2 amide bonds. The molecule has 3 rings (SSSR count). The van der Waals surface area contributed by atoms with Crippen LogP contribution in [-0.2, 0) is 16.2 Å². The number of rotatable bonds is 8. The van der Waals surface area contributed by atoms with E-state index in [0.717, 1.165) is 5.56 Å². The molecule has 0 aliphatic rings. The number of anilines is 1. The number of hydrogen-bond acceptors (Lipinski definition) is 6. The molecule has 0 aliphatic heterocycles. The van der Waals surface area contributed by atoms with Crippen molar-refractivity contribution in [1.82, 2.24) is 5.43 Å². The topological polar surface area (TPSA) is 98.2 Å². The lowest BCUT2D eigenvalue weighted by atomic mass is 10.2. The number of nitrogens with zero attached hydrogens (tertiary/aromatic N) is 1. The molecule has 0 saturated carbocycles. The highest BCUT2D eigenvalue weighted by molar-refractivity contribution is 6.39. The highest BCUT2D eigenvalue weighted by atomic mass is 16.5. The third-order valence-electron chi connectivity index (χ3n) is 4.36. The lowest BCUT2D eigenvalue weighted by Crippen LogP contribution is -2.32. The van der Waals surface area contributed by atoms with Crippen LogP contribution in [0.15, 0.2) is 77.9 Å². The molecule has 164 valence electrons.